The highest BCUT2D eigenvalue weighted by atomic mass is 16.5. The van der Waals surface area contributed by atoms with Gasteiger partial charge in [0.05, 0.1) is 13.7 Å². The van der Waals surface area contributed by atoms with Crippen LogP contribution in [0.1, 0.15) is 33.1 Å². The molecule has 0 saturated heterocycles. The number of unbranched alkanes of at least 4 members (excludes halogenated alkanes) is 1. The van der Waals surface area contributed by atoms with Gasteiger partial charge >= 0.3 is 5.97 Å². The Labute approximate surface area is 85.8 Å². The van der Waals surface area contributed by atoms with Gasteiger partial charge in [0.25, 0.3) is 0 Å². The Morgan fingerprint density at radius 3 is 2.64 bits per heavy atom. The number of aliphatic hydroxyl groups excluding tert-OH is 1. The molecule has 0 aliphatic carbocycles. The molecule has 0 saturated carbocycles. The SMILES string of the molecule is COC(=O)CCC/C=C/C(C)(C)CO. The molecule has 82 valence electrons. The summed E-state index contributed by atoms with van der Waals surface area (Å²) in [5.74, 6) is -0.167. The second-order valence-electron chi connectivity index (χ2n) is 4.02. The molecule has 14 heavy (non-hydrogen) atoms. The summed E-state index contributed by atoms with van der Waals surface area (Å²) in [6, 6.07) is 0. The summed E-state index contributed by atoms with van der Waals surface area (Å²) < 4.78 is 4.52. The smallest absolute Gasteiger partial charge is 0.305 e. The van der Waals surface area contributed by atoms with Crippen molar-refractivity contribution in [2.24, 2.45) is 5.41 Å². The Morgan fingerprint density at radius 2 is 2.14 bits per heavy atom. The van der Waals surface area contributed by atoms with Crippen LogP contribution in [0.3, 0.4) is 0 Å². The molecule has 0 amide bonds. The maximum Gasteiger partial charge on any atom is 0.305 e. The second kappa shape index (κ2) is 6.60. The lowest BCUT2D eigenvalue weighted by molar-refractivity contribution is -0.140. The topological polar surface area (TPSA) is 46.5 Å². The summed E-state index contributed by atoms with van der Waals surface area (Å²) in [6.07, 6.45) is 6.08. The Kier molecular flexibility index (Phi) is 6.21. The number of carbonyl (C=O) groups excluding carboxylic acids is 1. The Balaban J connectivity index is 3.59. The molecule has 3 heteroatoms. The van der Waals surface area contributed by atoms with Gasteiger partial charge in [-0.1, -0.05) is 26.0 Å². The fourth-order valence-electron chi connectivity index (χ4n) is 0.921. The van der Waals surface area contributed by atoms with Crippen molar-refractivity contribution < 1.29 is 14.6 Å². The molecule has 3 nitrogen and oxygen atoms in total. The molecule has 0 radical (unpaired) electrons. The average Bonchev–Trinajstić information content (AvgIpc) is 2.17. The highest BCUT2D eigenvalue weighted by Gasteiger charge is 2.10. The standard InChI is InChI=1S/C11H20O3/c1-11(2,9-12)8-6-4-5-7-10(13)14-3/h6,8,12H,4-5,7,9H2,1-3H3/b8-6+. The van der Waals surface area contributed by atoms with Crippen LogP contribution in [0, 0.1) is 5.41 Å². The minimum absolute atomic E-state index is 0.139. The first-order chi connectivity index (χ1) is 6.52. The van der Waals surface area contributed by atoms with Crippen LogP contribution in [0.5, 0.6) is 0 Å². The molecular weight excluding hydrogens is 180 g/mol. The maximum absolute atomic E-state index is 10.7. The van der Waals surface area contributed by atoms with Crippen molar-refractivity contribution in [1.82, 2.24) is 0 Å². The van der Waals surface area contributed by atoms with Crippen LogP contribution in [0.25, 0.3) is 0 Å². The summed E-state index contributed by atoms with van der Waals surface area (Å²) in [4.78, 5) is 10.7. The van der Waals surface area contributed by atoms with Crippen molar-refractivity contribution in [2.45, 2.75) is 33.1 Å². The number of rotatable bonds is 6. The number of carbonyl (C=O) groups is 1. The first-order valence-electron chi connectivity index (χ1n) is 4.87. The number of ether oxygens (including phenoxy) is 1. The van der Waals surface area contributed by atoms with Crippen LogP contribution in [-0.2, 0) is 9.53 Å². The van der Waals surface area contributed by atoms with E-state index in [4.69, 9.17) is 5.11 Å². The molecule has 0 atom stereocenters. The zero-order chi connectivity index (χ0) is 11.0. The van der Waals surface area contributed by atoms with Crippen LogP contribution in [0.2, 0.25) is 0 Å². The number of hydrogen-bond donors (Lipinski definition) is 1. The van der Waals surface area contributed by atoms with Crippen LogP contribution in [0.4, 0.5) is 0 Å². The summed E-state index contributed by atoms with van der Waals surface area (Å²) >= 11 is 0. The van der Waals surface area contributed by atoms with E-state index in [-0.39, 0.29) is 18.0 Å². The molecule has 0 fully saturated rings. The molecule has 0 aliphatic heterocycles. The minimum atomic E-state index is -0.167. The molecule has 0 aliphatic rings. The van der Waals surface area contributed by atoms with E-state index in [2.05, 4.69) is 4.74 Å². The third-order valence-electron chi connectivity index (χ3n) is 1.96. The van der Waals surface area contributed by atoms with Crippen molar-refractivity contribution in [1.29, 1.82) is 0 Å². The fraction of sp³-hybridized carbons (Fsp3) is 0.727. The highest BCUT2D eigenvalue weighted by Crippen LogP contribution is 2.15. The van der Waals surface area contributed by atoms with E-state index in [0.717, 1.165) is 12.8 Å². The van der Waals surface area contributed by atoms with Gasteiger partial charge in [-0.3, -0.25) is 4.79 Å². The lowest BCUT2D eigenvalue weighted by atomic mass is 9.94. The molecule has 0 aromatic heterocycles. The van der Waals surface area contributed by atoms with Gasteiger partial charge in [-0.05, 0) is 12.8 Å². The number of aliphatic hydroxyl groups is 1. The van der Waals surface area contributed by atoms with Crippen molar-refractivity contribution in [2.75, 3.05) is 13.7 Å². The monoisotopic (exact) mass is 200 g/mol. The third kappa shape index (κ3) is 6.66. The van der Waals surface area contributed by atoms with E-state index < -0.39 is 0 Å². The molecule has 0 aromatic rings. The van der Waals surface area contributed by atoms with E-state index in [1.54, 1.807) is 0 Å². The van der Waals surface area contributed by atoms with E-state index >= 15 is 0 Å². The molecule has 0 heterocycles. The van der Waals surface area contributed by atoms with Crippen molar-refractivity contribution in [3.63, 3.8) is 0 Å². The molecular formula is C11H20O3. The zero-order valence-corrected chi connectivity index (χ0v) is 9.25. The fourth-order valence-corrected chi connectivity index (χ4v) is 0.921. The lowest BCUT2D eigenvalue weighted by Crippen LogP contribution is -2.12. The number of esters is 1. The van der Waals surface area contributed by atoms with Crippen LogP contribution >= 0.6 is 0 Å². The molecule has 0 rings (SSSR count). The van der Waals surface area contributed by atoms with E-state index in [9.17, 15) is 4.79 Å². The first-order valence-corrected chi connectivity index (χ1v) is 4.87. The molecule has 0 bridgehead atoms. The largest absolute Gasteiger partial charge is 0.469 e. The zero-order valence-electron chi connectivity index (χ0n) is 9.25. The molecule has 0 spiro atoms. The third-order valence-corrected chi connectivity index (χ3v) is 1.96. The van der Waals surface area contributed by atoms with Gasteiger partial charge < -0.3 is 9.84 Å². The van der Waals surface area contributed by atoms with Gasteiger partial charge in [0.2, 0.25) is 0 Å². The van der Waals surface area contributed by atoms with Gasteiger partial charge in [0.1, 0.15) is 0 Å². The van der Waals surface area contributed by atoms with Crippen molar-refractivity contribution in [3.8, 4) is 0 Å². The van der Waals surface area contributed by atoms with Crippen LogP contribution in [0.15, 0.2) is 12.2 Å². The summed E-state index contributed by atoms with van der Waals surface area (Å²) in [7, 11) is 1.40. The Morgan fingerprint density at radius 1 is 1.50 bits per heavy atom. The lowest BCUT2D eigenvalue weighted by Gasteiger charge is -2.15. The minimum Gasteiger partial charge on any atom is -0.469 e. The van der Waals surface area contributed by atoms with E-state index in [0.29, 0.717) is 6.42 Å². The first kappa shape index (κ1) is 13.2. The van der Waals surface area contributed by atoms with Crippen molar-refractivity contribution >= 4 is 5.97 Å². The Hall–Kier alpha value is -0.830. The summed E-state index contributed by atoms with van der Waals surface area (Å²) in [5, 5.41) is 8.95. The maximum atomic E-state index is 10.7. The number of allylic oxidation sites excluding steroid dienone is 1. The van der Waals surface area contributed by atoms with E-state index in [1.807, 2.05) is 26.0 Å². The van der Waals surface area contributed by atoms with E-state index in [1.165, 1.54) is 7.11 Å². The predicted octanol–water partition coefficient (Wildman–Crippen LogP) is 1.90. The molecule has 0 unspecified atom stereocenters. The average molecular weight is 200 g/mol. The molecule has 1 N–H and O–H groups in total. The highest BCUT2D eigenvalue weighted by molar-refractivity contribution is 5.68. The van der Waals surface area contributed by atoms with Gasteiger partial charge in [-0.2, -0.15) is 0 Å². The number of methoxy groups -OCH3 is 1. The van der Waals surface area contributed by atoms with Crippen molar-refractivity contribution in [3.05, 3.63) is 12.2 Å². The second-order valence-corrected chi connectivity index (χ2v) is 4.02. The van der Waals surface area contributed by atoms with Gasteiger partial charge in [0, 0.05) is 11.8 Å². The quantitative estimate of drug-likeness (QED) is 0.404. The van der Waals surface area contributed by atoms with Gasteiger partial charge in [-0.15, -0.1) is 0 Å². The van der Waals surface area contributed by atoms with Crippen LogP contribution < -0.4 is 0 Å². The van der Waals surface area contributed by atoms with Crippen LogP contribution in [-0.4, -0.2) is 24.8 Å². The molecule has 0 aromatic carbocycles. The Bertz CT molecular complexity index is 195. The number of hydrogen-bond acceptors (Lipinski definition) is 3. The summed E-state index contributed by atoms with van der Waals surface area (Å²) in [6.45, 7) is 4.06. The van der Waals surface area contributed by atoms with Gasteiger partial charge in [-0.25, -0.2) is 0 Å². The predicted molar refractivity (Wildman–Crippen MR) is 55.9 cm³/mol. The van der Waals surface area contributed by atoms with Gasteiger partial charge in [0.15, 0.2) is 0 Å². The normalized spacial score (nSPS) is 12.0. The summed E-state index contributed by atoms with van der Waals surface area (Å²) in [5.41, 5.74) is -0.161.